The fraction of sp³-hybridized carbons (Fsp3) is 0.500. The molecule has 4 nitrogen and oxygen atoms in total. The van der Waals surface area contributed by atoms with E-state index < -0.39 is 0 Å². The van der Waals surface area contributed by atoms with Gasteiger partial charge in [-0.3, -0.25) is 10.1 Å². The molecule has 0 aliphatic heterocycles. The van der Waals surface area contributed by atoms with Crippen LogP contribution in [0.2, 0.25) is 0 Å². The second kappa shape index (κ2) is 4.51. The van der Waals surface area contributed by atoms with Crippen molar-refractivity contribution in [2.75, 3.05) is 11.9 Å². The molecule has 1 rings (SSSR count). The molecular weight excluding hydrogens is 204 g/mol. The van der Waals surface area contributed by atoms with Gasteiger partial charge in [-0.2, -0.15) is 0 Å². The summed E-state index contributed by atoms with van der Waals surface area (Å²) in [4.78, 5) is 10.5. The van der Waals surface area contributed by atoms with E-state index in [0.717, 1.165) is 5.56 Å². The smallest absolute Gasteiger partial charge is 0.292 e. The molecule has 0 fully saturated rings. The maximum absolute atomic E-state index is 10.9. The number of anilines is 1. The molecule has 16 heavy (non-hydrogen) atoms. The highest BCUT2D eigenvalue weighted by atomic mass is 16.6. The highest BCUT2D eigenvalue weighted by Gasteiger charge is 2.16. The van der Waals surface area contributed by atoms with Gasteiger partial charge in [0.2, 0.25) is 0 Å². The van der Waals surface area contributed by atoms with E-state index in [1.807, 2.05) is 13.0 Å². The van der Waals surface area contributed by atoms with Crippen molar-refractivity contribution in [3.05, 3.63) is 33.9 Å². The van der Waals surface area contributed by atoms with Crippen LogP contribution < -0.4 is 5.32 Å². The van der Waals surface area contributed by atoms with E-state index in [1.165, 1.54) is 0 Å². The Morgan fingerprint density at radius 2 is 2.00 bits per heavy atom. The van der Waals surface area contributed by atoms with E-state index in [2.05, 4.69) is 26.1 Å². The Labute approximate surface area is 95.8 Å². The molecule has 1 aromatic rings. The third-order valence-electron chi connectivity index (χ3n) is 2.16. The number of rotatable bonds is 3. The molecule has 0 heterocycles. The summed E-state index contributed by atoms with van der Waals surface area (Å²) in [6.45, 7) is 8.80. The number of nitrogens with one attached hydrogen (secondary N) is 1. The molecule has 0 aromatic heterocycles. The standard InChI is InChI=1S/C12H18N2O2/c1-9-5-6-10(11(7-9)14(15)16)13-8-12(2,3)4/h5-7,13H,8H2,1-4H3. The topological polar surface area (TPSA) is 55.2 Å². The highest BCUT2D eigenvalue weighted by Crippen LogP contribution is 2.26. The number of hydrogen-bond acceptors (Lipinski definition) is 3. The monoisotopic (exact) mass is 222 g/mol. The molecule has 4 heteroatoms. The van der Waals surface area contributed by atoms with Crippen LogP contribution in [-0.2, 0) is 0 Å². The largest absolute Gasteiger partial charge is 0.379 e. The van der Waals surface area contributed by atoms with Crippen molar-refractivity contribution in [2.45, 2.75) is 27.7 Å². The van der Waals surface area contributed by atoms with Crippen molar-refractivity contribution < 1.29 is 4.92 Å². The lowest BCUT2D eigenvalue weighted by atomic mass is 9.97. The first-order chi connectivity index (χ1) is 7.29. The van der Waals surface area contributed by atoms with Crippen molar-refractivity contribution in [3.8, 4) is 0 Å². The van der Waals surface area contributed by atoms with Crippen LogP contribution in [0, 0.1) is 22.5 Å². The molecule has 0 aliphatic rings. The second-order valence-electron chi connectivity index (χ2n) is 5.19. The molecule has 0 aliphatic carbocycles. The molecule has 1 N–H and O–H groups in total. The molecule has 0 saturated carbocycles. The molecule has 0 atom stereocenters. The van der Waals surface area contributed by atoms with Gasteiger partial charge in [-0.1, -0.05) is 26.8 Å². The van der Waals surface area contributed by atoms with Crippen LogP contribution in [0.15, 0.2) is 18.2 Å². The number of hydrogen-bond donors (Lipinski definition) is 1. The summed E-state index contributed by atoms with van der Waals surface area (Å²) in [6.07, 6.45) is 0. The Morgan fingerprint density at radius 1 is 1.38 bits per heavy atom. The lowest BCUT2D eigenvalue weighted by Gasteiger charge is -2.19. The maximum Gasteiger partial charge on any atom is 0.292 e. The molecule has 0 bridgehead atoms. The molecular formula is C12H18N2O2. The summed E-state index contributed by atoms with van der Waals surface area (Å²) in [5.74, 6) is 0. The summed E-state index contributed by atoms with van der Waals surface area (Å²) in [5.41, 5.74) is 1.72. The normalized spacial score (nSPS) is 11.2. The first-order valence-electron chi connectivity index (χ1n) is 5.28. The van der Waals surface area contributed by atoms with E-state index in [4.69, 9.17) is 0 Å². The van der Waals surface area contributed by atoms with Gasteiger partial charge in [-0.25, -0.2) is 0 Å². The van der Waals surface area contributed by atoms with E-state index in [0.29, 0.717) is 12.2 Å². The predicted octanol–water partition coefficient (Wildman–Crippen LogP) is 3.36. The quantitative estimate of drug-likeness (QED) is 0.630. The number of benzene rings is 1. The van der Waals surface area contributed by atoms with Gasteiger partial charge < -0.3 is 5.32 Å². The third-order valence-corrected chi connectivity index (χ3v) is 2.16. The summed E-state index contributed by atoms with van der Waals surface area (Å²) < 4.78 is 0. The van der Waals surface area contributed by atoms with Crippen LogP contribution in [0.25, 0.3) is 0 Å². The average Bonchev–Trinajstić information content (AvgIpc) is 2.14. The second-order valence-corrected chi connectivity index (χ2v) is 5.19. The molecule has 0 amide bonds. The first kappa shape index (κ1) is 12.5. The van der Waals surface area contributed by atoms with E-state index >= 15 is 0 Å². The van der Waals surface area contributed by atoms with E-state index in [-0.39, 0.29) is 16.0 Å². The van der Waals surface area contributed by atoms with Gasteiger partial charge in [0.25, 0.3) is 5.69 Å². The van der Waals surface area contributed by atoms with Gasteiger partial charge in [0, 0.05) is 12.6 Å². The van der Waals surface area contributed by atoms with Crippen LogP contribution in [0.4, 0.5) is 11.4 Å². The summed E-state index contributed by atoms with van der Waals surface area (Å²) in [7, 11) is 0. The van der Waals surface area contributed by atoms with Crippen molar-refractivity contribution in [3.63, 3.8) is 0 Å². The third kappa shape index (κ3) is 3.53. The molecule has 0 spiro atoms. The Kier molecular flexibility index (Phi) is 3.52. The SMILES string of the molecule is Cc1ccc(NCC(C)(C)C)c([N+](=O)[O-])c1. The van der Waals surface area contributed by atoms with Crippen LogP contribution in [0.5, 0.6) is 0 Å². The van der Waals surface area contributed by atoms with E-state index in [9.17, 15) is 10.1 Å². The van der Waals surface area contributed by atoms with Gasteiger partial charge >= 0.3 is 0 Å². The summed E-state index contributed by atoms with van der Waals surface area (Å²) in [5, 5.41) is 14.0. The van der Waals surface area contributed by atoms with Crippen molar-refractivity contribution >= 4 is 11.4 Å². The molecule has 88 valence electrons. The average molecular weight is 222 g/mol. The van der Waals surface area contributed by atoms with Crippen LogP contribution in [0.1, 0.15) is 26.3 Å². The highest BCUT2D eigenvalue weighted by molar-refractivity contribution is 5.62. The Balaban J connectivity index is 2.91. The number of nitrogens with zero attached hydrogens (tertiary/aromatic N) is 1. The zero-order chi connectivity index (χ0) is 12.3. The fourth-order valence-corrected chi connectivity index (χ4v) is 1.30. The van der Waals surface area contributed by atoms with Crippen LogP contribution >= 0.6 is 0 Å². The minimum absolute atomic E-state index is 0.0960. The molecule has 0 unspecified atom stereocenters. The Hall–Kier alpha value is -1.58. The van der Waals surface area contributed by atoms with Crippen molar-refractivity contribution in [1.82, 2.24) is 0 Å². The first-order valence-corrected chi connectivity index (χ1v) is 5.28. The Morgan fingerprint density at radius 3 is 2.50 bits per heavy atom. The fourth-order valence-electron chi connectivity index (χ4n) is 1.30. The Bertz CT molecular complexity index is 394. The number of aryl methyl sites for hydroxylation is 1. The van der Waals surface area contributed by atoms with Gasteiger partial charge in [-0.05, 0) is 24.0 Å². The van der Waals surface area contributed by atoms with Gasteiger partial charge in [-0.15, -0.1) is 0 Å². The van der Waals surface area contributed by atoms with Crippen LogP contribution in [-0.4, -0.2) is 11.5 Å². The van der Waals surface area contributed by atoms with Gasteiger partial charge in [0.1, 0.15) is 5.69 Å². The minimum atomic E-state index is -0.349. The number of nitro benzene ring substituents is 1. The van der Waals surface area contributed by atoms with Crippen molar-refractivity contribution in [2.24, 2.45) is 5.41 Å². The summed E-state index contributed by atoms with van der Waals surface area (Å²) in [6, 6.07) is 5.22. The van der Waals surface area contributed by atoms with Gasteiger partial charge in [0.05, 0.1) is 4.92 Å². The molecule has 1 aromatic carbocycles. The summed E-state index contributed by atoms with van der Waals surface area (Å²) >= 11 is 0. The molecule has 0 saturated heterocycles. The van der Waals surface area contributed by atoms with E-state index in [1.54, 1.807) is 12.1 Å². The van der Waals surface area contributed by atoms with Gasteiger partial charge in [0.15, 0.2) is 0 Å². The minimum Gasteiger partial charge on any atom is -0.379 e. The zero-order valence-corrected chi connectivity index (χ0v) is 10.2. The van der Waals surface area contributed by atoms with Crippen LogP contribution in [0.3, 0.4) is 0 Å². The maximum atomic E-state index is 10.9. The lowest BCUT2D eigenvalue weighted by Crippen LogP contribution is -2.19. The zero-order valence-electron chi connectivity index (χ0n) is 10.2. The van der Waals surface area contributed by atoms with Crippen molar-refractivity contribution in [1.29, 1.82) is 0 Å². The lowest BCUT2D eigenvalue weighted by molar-refractivity contribution is -0.384. The predicted molar refractivity (Wildman–Crippen MR) is 65.8 cm³/mol. The molecule has 0 radical (unpaired) electrons. The number of nitro groups is 1.